The second-order valence-electron chi connectivity index (χ2n) is 5.57. The number of nitrogens with zero attached hydrogens (tertiary/aromatic N) is 2. The lowest BCUT2D eigenvalue weighted by molar-refractivity contribution is 0.0837. The Kier molecular flexibility index (Phi) is 8.30. The Morgan fingerprint density at radius 1 is 1.04 bits per heavy atom. The summed E-state index contributed by atoms with van der Waals surface area (Å²) in [6, 6.07) is 14.3. The minimum Gasteiger partial charge on any atom is -0.452 e. The van der Waals surface area contributed by atoms with E-state index >= 15 is 0 Å². The van der Waals surface area contributed by atoms with Gasteiger partial charge in [0.15, 0.2) is 6.61 Å². The van der Waals surface area contributed by atoms with E-state index in [-0.39, 0.29) is 25.1 Å². The summed E-state index contributed by atoms with van der Waals surface area (Å²) in [6.45, 7) is 1.71. The number of halogens is 1. The molecule has 2 aromatic carbocycles. The molecule has 0 saturated heterocycles. The van der Waals surface area contributed by atoms with E-state index in [2.05, 4.69) is 15.1 Å². The zero-order chi connectivity index (χ0) is 20.4. The first-order valence-electron chi connectivity index (χ1n) is 8.36. The van der Waals surface area contributed by atoms with Crippen LogP contribution in [0.3, 0.4) is 0 Å². The zero-order valence-corrected chi connectivity index (χ0v) is 16.6. The summed E-state index contributed by atoms with van der Waals surface area (Å²) in [7, 11) is 2.72. The van der Waals surface area contributed by atoms with Gasteiger partial charge in [-0.05, 0) is 29.8 Å². The molecule has 0 unspecified atom stereocenters. The molecule has 0 aliphatic rings. The Bertz CT molecular complexity index is 850. The topological polar surface area (TPSA) is 78.7 Å². The molecule has 0 fully saturated rings. The van der Waals surface area contributed by atoms with Crippen molar-refractivity contribution >= 4 is 29.2 Å². The Morgan fingerprint density at radius 3 is 2.43 bits per heavy atom. The number of ether oxygens (including phenoxy) is 2. The van der Waals surface area contributed by atoms with E-state index in [0.717, 1.165) is 5.56 Å². The molecule has 0 N–H and O–H groups in total. The molecule has 0 aliphatic carbocycles. The van der Waals surface area contributed by atoms with Gasteiger partial charge in [0.1, 0.15) is 13.7 Å². The number of carbonyl (C=O) groups excluding carboxylic acids is 1. The number of ketones is 1. The van der Waals surface area contributed by atoms with Crippen molar-refractivity contribution in [3.05, 3.63) is 70.2 Å². The number of Topliss-reactive ketones (excluding diaryl/α,β-unsaturated/α-hetero) is 1. The van der Waals surface area contributed by atoms with Crippen molar-refractivity contribution < 1.29 is 23.9 Å². The standard InChI is InChI=1S/C20H21ClN2O5/c1-14(15-8-10-17(21)11-9-15)22-28-12-16-6-4-5-7-18(16)19(24)13-27-20(25-2)23-26-3/h4-11H,12-13H2,1-3H3. The van der Waals surface area contributed by atoms with Gasteiger partial charge in [-0.1, -0.05) is 53.2 Å². The van der Waals surface area contributed by atoms with Crippen LogP contribution in [-0.2, 0) is 25.8 Å². The Balaban J connectivity index is 2.01. The second kappa shape index (κ2) is 10.9. The number of carbonyl (C=O) groups is 1. The van der Waals surface area contributed by atoms with Crippen LogP contribution in [-0.4, -0.2) is 38.4 Å². The molecule has 0 heterocycles. The van der Waals surface area contributed by atoms with Crippen molar-refractivity contribution in [3.8, 4) is 0 Å². The molecule has 0 aromatic heterocycles. The maximum absolute atomic E-state index is 12.5. The second-order valence-corrected chi connectivity index (χ2v) is 6.01. The van der Waals surface area contributed by atoms with Crippen LogP contribution in [0.4, 0.5) is 0 Å². The monoisotopic (exact) mass is 404 g/mol. The van der Waals surface area contributed by atoms with Crippen LogP contribution in [0, 0.1) is 0 Å². The van der Waals surface area contributed by atoms with Gasteiger partial charge in [-0.15, -0.1) is 0 Å². The van der Waals surface area contributed by atoms with Crippen LogP contribution in [0.25, 0.3) is 0 Å². The fourth-order valence-corrected chi connectivity index (χ4v) is 2.39. The predicted molar refractivity (Wildman–Crippen MR) is 107 cm³/mol. The number of hydrogen-bond donors (Lipinski definition) is 0. The van der Waals surface area contributed by atoms with E-state index in [1.807, 2.05) is 25.1 Å². The van der Waals surface area contributed by atoms with Crippen LogP contribution < -0.4 is 0 Å². The molecule has 0 amide bonds. The normalized spacial score (nSPS) is 11.7. The fourth-order valence-electron chi connectivity index (χ4n) is 2.26. The summed E-state index contributed by atoms with van der Waals surface area (Å²) in [5.74, 6) is -0.251. The third-order valence-corrected chi connectivity index (χ3v) is 3.92. The van der Waals surface area contributed by atoms with Crippen LogP contribution in [0.1, 0.15) is 28.4 Å². The van der Waals surface area contributed by atoms with Crippen molar-refractivity contribution in [2.45, 2.75) is 13.5 Å². The van der Waals surface area contributed by atoms with E-state index < -0.39 is 0 Å². The van der Waals surface area contributed by atoms with Crippen molar-refractivity contribution in [2.75, 3.05) is 20.8 Å². The third-order valence-electron chi connectivity index (χ3n) is 3.67. The van der Waals surface area contributed by atoms with Crippen LogP contribution in [0.2, 0.25) is 5.02 Å². The Labute approximate surface area is 168 Å². The molecule has 0 atom stereocenters. The summed E-state index contributed by atoms with van der Waals surface area (Å²) >= 11 is 5.88. The first-order valence-corrected chi connectivity index (χ1v) is 8.74. The maximum Gasteiger partial charge on any atom is 0.422 e. The molecular formula is C20H21ClN2O5. The highest BCUT2D eigenvalue weighted by Crippen LogP contribution is 2.13. The number of benzene rings is 2. The number of rotatable bonds is 8. The first-order chi connectivity index (χ1) is 13.5. The van der Waals surface area contributed by atoms with Gasteiger partial charge in [-0.25, -0.2) is 0 Å². The highest BCUT2D eigenvalue weighted by Gasteiger charge is 2.14. The summed E-state index contributed by atoms with van der Waals surface area (Å²) in [5, 5.41) is 8.26. The lowest BCUT2D eigenvalue weighted by Gasteiger charge is -2.09. The lowest BCUT2D eigenvalue weighted by Crippen LogP contribution is -2.17. The minimum absolute atomic E-state index is 0.132. The van der Waals surface area contributed by atoms with E-state index in [1.54, 1.807) is 30.3 Å². The average molecular weight is 405 g/mol. The van der Waals surface area contributed by atoms with Crippen LogP contribution in [0.5, 0.6) is 0 Å². The van der Waals surface area contributed by atoms with Crippen molar-refractivity contribution in [2.24, 2.45) is 10.3 Å². The Hall–Kier alpha value is -3.06. The van der Waals surface area contributed by atoms with Gasteiger partial charge in [-0.2, -0.15) is 0 Å². The maximum atomic E-state index is 12.5. The van der Waals surface area contributed by atoms with E-state index in [4.69, 9.17) is 25.9 Å². The summed E-state index contributed by atoms with van der Waals surface area (Å²) in [4.78, 5) is 22.5. The molecule has 2 rings (SSSR count). The van der Waals surface area contributed by atoms with Gasteiger partial charge >= 0.3 is 6.08 Å². The van der Waals surface area contributed by atoms with Crippen molar-refractivity contribution in [1.29, 1.82) is 0 Å². The van der Waals surface area contributed by atoms with Crippen LogP contribution in [0.15, 0.2) is 58.8 Å². The van der Waals surface area contributed by atoms with Gasteiger partial charge in [0.05, 0.1) is 12.8 Å². The smallest absolute Gasteiger partial charge is 0.422 e. The third kappa shape index (κ3) is 6.28. The summed E-state index contributed by atoms with van der Waals surface area (Å²) in [6.07, 6.45) is -0.132. The van der Waals surface area contributed by atoms with Gasteiger partial charge in [0.25, 0.3) is 0 Å². The average Bonchev–Trinajstić information content (AvgIpc) is 2.71. The molecular weight excluding hydrogens is 384 g/mol. The molecule has 2 aromatic rings. The molecule has 0 aliphatic heterocycles. The lowest BCUT2D eigenvalue weighted by atomic mass is 10.0. The molecule has 7 nitrogen and oxygen atoms in total. The molecule has 0 saturated carbocycles. The van der Waals surface area contributed by atoms with E-state index in [1.165, 1.54) is 14.2 Å². The Morgan fingerprint density at radius 2 is 1.75 bits per heavy atom. The first kappa shape index (κ1) is 21.2. The summed E-state index contributed by atoms with van der Waals surface area (Å²) < 4.78 is 10.0. The molecule has 8 heteroatoms. The highest BCUT2D eigenvalue weighted by molar-refractivity contribution is 6.30. The SMILES string of the molecule is CON=C(OC)OCC(=O)c1ccccc1CON=C(C)c1ccc(Cl)cc1. The highest BCUT2D eigenvalue weighted by atomic mass is 35.5. The number of methoxy groups -OCH3 is 1. The predicted octanol–water partition coefficient (Wildman–Crippen LogP) is 4.04. The largest absolute Gasteiger partial charge is 0.452 e. The van der Waals surface area contributed by atoms with Gasteiger partial charge in [0.2, 0.25) is 5.78 Å². The summed E-state index contributed by atoms with van der Waals surface area (Å²) in [5.41, 5.74) is 2.75. The minimum atomic E-state index is -0.251. The number of hydrogen-bond acceptors (Lipinski definition) is 7. The zero-order valence-electron chi connectivity index (χ0n) is 15.8. The molecule has 0 radical (unpaired) electrons. The molecule has 28 heavy (non-hydrogen) atoms. The fraction of sp³-hybridized carbons (Fsp3) is 0.250. The quantitative estimate of drug-likeness (QED) is 0.287. The van der Waals surface area contributed by atoms with E-state index in [0.29, 0.717) is 21.9 Å². The van der Waals surface area contributed by atoms with Crippen molar-refractivity contribution in [1.82, 2.24) is 0 Å². The molecule has 148 valence electrons. The van der Waals surface area contributed by atoms with Gasteiger partial charge in [0, 0.05) is 16.1 Å². The molecule has 0 bridgehead atoms. The van der Waals surface area contributed by atoms with Gasteiger partial charge in [-0.3, -0.25) is 4.79 Å². The van der Waals surface area contributed by atoms with Crippen molar-refractivity contribution in [3.63, 3.8) is 0 Å². The van der Waals surface area contributed by atoms with E-state index in [9.17, 15) is 4.79 Å². The molecule has 0 spiro atoms. The van der Waals surface area contributed by atoms with Gasteiger partial charge < -0.3 is 19.1 Å². The van der Waals surface area contributed by atoms with Crippen LogP contribution >= 0.6 is 11.6 Å². The number of oxime groups is 2.